The number of carbonyl (C=O) groups is 1. The van der Waals surface area contributed by atoms with Crippen molar-refractivity contribution in [1.82, 2.24) is 0 Å². The Balaban J connectivity index is -0.0000000150. The van der Waals surface area contributed by atoms with Crippen LogP contribution in [0.15, 0.2) is 0 Å². The molecule has 0 spiro atoms. The molecule has 0 saturated heterocycles. The normalized spacial score (nSPS) is 3.43. The topological polar surface area (TPSA) is 93.2 Å². The third-order valence-corrected chi connectivity index (χ3v) is 0. The average molecular weight is 159 g/mol. The van der Waals surface area contributed by atoms with Gasteiger partial charge in [-0.15, -0.1) is 0 Å². The number of hydrogen-bond donors (Lipinski definition) is 0. The molecule has 0 aromatic carbocycles. The van der Waals surface area contributed by atoms with Crippen LogP contribution in [0.1, 0.15) is 0 Å². The molecule has 0 rings (SSSR count). The summed E-state index contributed by atoms with van der Waals surface area (Å²) in [4.78, 5) is 8.33. The van der Waals surface area contributed by atoms with Crippen molar-refractivity contribution in [2.45, 2.75) is 0 Å². The molecule has 0 heterocycles. The van der Waals surface area contributed by atoms with E-state index in [1.165, 1.54) is 0 Å². The zero-order chi connectivity index (χ0) is 3.58. The molecule has 0 aliphatic rings. The fraction of sp³-hybridized carbons (Fsp3) is 0. The molecule has 0 unspecified atom stereocenters. The van der Waals surface area contributed by atoms with E-state index in [-0.39, 0.29) is 51.8 Å². The van der Waals surface area contributed by atoms with Gasteiger partial charge in [0.1, 0.15) is 0 Å². The molecule has 0 aliphatic carbocycles. The van der Waals surface area contributed by atoms with E-state index in [1.807, 2.05) is 0 Å². The molecule has 4 nitrogen and oxygen atoms in total. The summed E-state index contributed by atoms with van der Waals surface area (Å²) in [7, 11) is 0. The van der Waals surface area contributed by atoms with Crippen LogP contribution in [0.3, 0.4) is 0 Å². The summed E-state index contributed by atoms with van der Waals surface area (Å²) in [5.41, 5.74) is 0. The molecular weight excluding hydrogens is 158 g/mol. The number of hydrogen-bond acceptors (Lipinski definition) is 4. The third kappa shape index (κ3) is 279. The first-order chi connectivity index (χ1) is 1.73. The Morgan fingerprint density at radius 1 is 1.29 bits per heavy atom. The van der Waals surface area contributed by atoms with Gasteiger partial charge >= 0.3 is 46.3 Å². The summed E-state index contributed by atoms with van der Waals surface area (Å²) in [5, 5.41) is 16.7. The van der Waals surface area contributed by atoms with Gasteiger partial charge in [0.15, 0.2) is 0 Å². The van der Waals surface area contributed by atoms with E-state index < -0.39 is 6.16 Å². The molecule has 0 aliphatic heterocycles. The van der Waals surface area contributed by atoms with Crippen molar-refractivity contribution in [2.24, 2.45) is 0 Å². The predicted octanol–water partition coefficient (Wildman–Crippen LogP) is -5.62. The van der Waals surface area contributed by atoms with Crippen LogP contribution >= 0.6 is 0 Å². The maximum Gasteiger partial charge on any atom is 2.00 e. The van der Waals surface area contributed by atoms with Gasteiger partial charge in [-0.3, -0.25) is 0 Å². The van der Waals surface area contributed by atoms with E-state index in [4.69, 9.17) is 15.0 Å². The average Bonchev–Trinajstić information content (AvgIpc) is 0.811. The molecule has 7 heavy (non-hydrogen) atoms. The minimum atomic E-state index is -2.33. The molecule has 0 aromatic rings. The van der Waals surface area contributed by atoms with Crippen LogP contribution < -0.4 is 39.8 Å². The maximum absolute atomic E-state index is 8.33. The van der Waals surface area contributed by atoms with E-state index in [1.54, 1.807) is 0 Å². The maximum atomic E-state index is 8.33. The van der Waals surface area contributed by atoms with Gasteiger partial charge in [-0.1, -0.05) is 0 Å². The van der Waals surface area contributed by atoms with Crippen molar-refractivity contribution in [2.75, 3.05) is 0 Å². The standard InChI is InChI=1S/CH2O3.Co.Na.H2O/c2-1(3)4;;;/h(H2,2,3,4);;;1H2/q;+2;+1;/p-3. The Kier molecular flexibility index (Phi) is 57.0. The number of carboxylic acid groups (broad SMARTS) is 2. The predicted molar refractivity (Wildman–Crippen MR) is 7.33 cm³/mol. The van der Waals surface area contributed by atoms with E-state index >= 15 is 0 Å². The molecule has 0 saturated carbocycles. The van der Waals surface area contributed by atoms with Crippen LogP contribution in [-0.4, -0.2) is 11.6 Å². The Labute approximate surface area is 72.7 Å². The van der Waals surface area contributed by atoms with Crippen LogP contribution in [0.4, 0.5) is 4.79 Å². The SMILES string of the molecule is O=C([O-])[O-].[Co+2].[Na+].[OH-]. The second-order valence-corrected chi connectivity index (χ2v) is 0.250. The monoisotopic (exact) mass is 159 g/mol. The van der Waals surface area contributed by atoms with Crippen LogP contribution in [0.25, 0.3) is 0 Å². The van der Waals surface area contributed by atoms with Gasteiger partial charge in [0.2, 0.25) is 0 Å². The summed E-state index contributed by atoms with van der Waals surface area (Å²) >= 11 is 0. The fourth-order valence-corrected chi connectivity index (χ4v) is 0. The van der Waals surface area contributed by atoms with E-state index in [2.05, 4.69) is 0 Å². The van der Waals surface area contributed by atoms with Crippen molar-refractivity contribution < 1.29 is 66.8 Å². The Morgan fingerprint density at radius 3 is 1.29 bits per heavy atom. The largest absolute Gasteiger partial charge is 2.00 e. The zero-order valence-electron chi connectivity index (χ0n) is 3.51. The van der Waals surface area contributed by atoms with Gasteiger partial charge in [0.05, 0.1) is 0 Å². The Morgan fingerprint density at radius 2 is 1.29 bits per heavy atom. The number of rotatable bonds is 0. The second-order valence-electron chi connectivity index (χ2n) is 0.250. The van der Waals surface area contributed by atoms with E-state index in [0.717, 1.165) is 0 Å². The van der Waals surface area contributed by atoms with Gasteiger partial charge in [0.25, 0.3) is 0 Å². The Bertz CT molecular complexity index is 34.7. The van der Waals surface area contributed by atoms with Crippen LogP contribution in [0, 0.1) is 0 Å². The fourth-order valence-electron chi connectivity index (χ4n) is 0. The van der Waals surface area contributed by atoms with Crippen molar-refractivity contribution >= 4 is 6.16 Å². The van der Waals surface area contributed by atoms with Gasteiger partial charge in [-0.25, -0.2) is 0 Å². The van der Waals surface area contributed by atoms with Crippen LogP contribution in [-0.2, 0) is 16.8 Å². The molecule has 39 valence electrons. The molecule has 0 atom stereocenters. The third-order valence-electron chi connectivity index (χ3n) is 0. The molecule has 0 aromatic heterocycles. The summed E-state index contributed by atoms with van der Waals surface area (Å²) in [6.07, 6.45) is -2.33. The van der Waals surface area contributed by atoms with Gasteiger partial charge in [-0.2, -0.15) is 0 Å². The zero-order valence-corrected chi connectivity index (χ0v) is 6.55. The van der Waals surface area contributed by atoms with Crippen molar-refractivity contribution in [3.63, 3.8) is 0 Å². The van der Waals surface area contributed by atoms with Gasteiger partial charge < -0.3 is 20.5 Å². The van der Waals surface area contributed by atoms with Crippen LogP contribution in [0.5, 0.6) is 0 Å². The van der Waals surface area contributed by atoms with E-state index in [9.17, 15) is 0 Å². The quantitative estimate of drug-likeness (QED) is 0.329. The van der Waals surface area contributed by atoms with Crippen LogP contribution in [0.2, 0.25) is 0 Å². The first-order valence-electron chi connectivity index (χ1n) is 0.612. The van der Waals surface area contributed by atoms with Gasteiger partial charge in [0, 0.05) is 0 Å². The Hall–Kier alpha value is 0.736. The number of carbonyl (C=O) groups excluding carboxylic acids is 1. The first-order valence-corrected chi connectivity index (χ1v) is 0.612. The summed E-state index contributed by atoms with van der Waals surface area (Å²) in [5.74, 6) is 0. The smallest absolute Gasteiger partial charge is 0.870 e. The summed E-state index contributed by atoms with van der Waals surface area (Å²) in [6, 6.07) is 0. The van der Waals surface area contributed by atoms with Crippen molar-refractivity contribution in [1.29, 1.82) is 0 Å². The summed E-state index contributed by atoms with van der Waals surface area (Å²) < 4.78 is 0. The minimum absolute atomic E-state index is 0. The first kappa shape index (κ1) is 25.1. The molecule has 6 heteroatoms. The molecule has 1 radical (unpaired) electrons. The van der Waals surface area contributed by atoms with E-state index in [0.29, 0.717) is 0 Å². The van der Waals surface area contributed by atoms with Gasteiger partial charge in [-0.05, 0) is 6.16 Å². The summed E-state index contributed by atoms with van der Waals surface area (Å²) in [6.45, 7) is 0. The molecule has 1 N–H and O–H groups in total. The minimum Gasteiger partial charge on any atom is -0.870 e. The molecule has 0 fully saturated rings. The molecule has 0 bridgehead atoms. The molecular formula is CHCoNaO4. The second kappa shape index (κ2) is 15.9. The van der Waals surface area contributed by atoms with Crippen molar-refractivity contribution in [3.8, 4) is 0 Å². The van der Waals surface area contributed by atoms with Crippen molar-refractivity contribution in [3.05, 3.63) is 0 Å². The molecule has 0 amide bonds.